The minimum Gasteiger partial charge on any atom is -0.361 e. The topological polar surface area (TPSA) is 40.7 Å². The van der Waals surface area contributed by atoms with E-state index in [-0.39, 0.29) is 0 Å². The number of nitrogens with zero attached hydrogens (tertiary/aromatic N) is 1. The first-order valence-corrected chi connectivity index (χ1v) is 6.49. The van der Waals surface area contributed by atoms with E-state index >= 15 is 0 Å². The third kappa shape index (κ3) is 2.66. The molecule has 0 aliphatic carbocycles. The first kappa shape index (κ1) is 11.9. The lowest BCUT2D eigenvalue weighted by Crippen LogP contribution is -2.13. The summed E-state index contributed by atoms with van der Waals surface area (Å²) in [5.74, 6) is 0. The third-order valence-electron chi connectivity index (χ3n) is 3.40. The summed E-state index contributed by atoms with van der Waals surface area (Å²) in [6.07, 6.45) is 5.72. The summed E-state index contributed by atoms with van der Waals surface area (Å²) in [6, 6.07) is 10.7. The van der Waals surface area contributed by atoms with Gasteiger partial charge in [-0.1, -0.05) is 6.07 Å². The van der Waals surface area contributed by atoms with Crippen LogP contribution in [0.25, 0.3) is 10.9 Å². The Bertz CT molecular complexity index is 685. The van der Waals surface area contributed by atoms with Crippen molar-refractivity contribution in [1.29, 1.82) is 0 Å². The Labute approximate surface area is 112 Å². The highest BCUT2D eigenvalue weighted by atomic mass is 14.8. The Kier molecular flexibility index (Phi) is 3.29. The Hall–Kier alpha value is -2.13. The molecule has 0 aliphatic rings. The molecule has 0 unspecified atom stereocenters. The molecule has 0 spiro atoms. The molecule has 0 amide bonds. The SMILES string of the molecule is Cc1cnccc1CNCc1ccc2[nH]ccc2c1. The van der Waals surface area contributed by atoms with Crippen molar-refractivity contribution >= 4 is 10.9 Å². The van der Waals surface area contributed by atoms with Gasteiger partial charge in [-0.2, -0.15) is 0 Å². The molecule has 96 valence electrons. The molecule has 2 aromatic heterocycles. The van der Waals surface area contributed by atoms with Crippen molar-refractivity contribution in [2.24, 2.45) is 0 Å². The standard InChI is InChI=1S/C16H17N3/c1-12-9-17-6-4-15(12)11-18-10-13-2-3-16-14(8-13)5-7-19-16/h2-9,18-19H,10-11H2,1H3. The van der Waals surface area contributed by atoms with Crippen LogP contribution in [0.1, 0.15) is 16.7 Å². The van der Waals surface area contributed by atoms with Crippen molar-refractivity contribution in [3.63, 3.8) is 0 Å². The lowest BCUT2D eigenvalue weighted by Gasteiger charge is -2.07. The predicted molar refractivity (Wildman–Crippen MR) is 77.8 cm³/mol. The van der Waals surface area contributed by atoms with Gasteiger partial charge in [-0.25, -0.2) is 0 Å². The maximum atomic E-state index is 4.11. The molecule has 1 aromatic carbocycles. The van der Waals surface area contributed by atoms with Gasteiger partial charge < -0.3 is 10.3 Å². The van der Waals surface area contributed by atoms with Crippen LogP contribution in [-0.2, 0) is 13.1 Å². The van der Waals surface area contributed by atoms with Gasteiger partial charge in [0.1, 0.15) is 0 Å². The van der Waals surface area contributed by atoms with E-state index in [4.69, 9.17) is 0 Å². The second-order valence-corrected chi connectivity index (χ2v) is 4.80. The quantitative estimate of drug-likeness (QED) is 0.747. The van der Waals surface area contributed by atoms with Gasteiger partial charge in [0.25, 0.3) is 0 Å². The number of aryl methyl sites for hydroxylation is 1. The van der Waals surface area contributed by atoms with Gasteiger partial charge in [0.05, 0.1) is 0 Å². The second-order valence-electron chi connectivity index (χ2n) is 4.80. The highest BCUT2D eigenvalue weighted by Gasteiger charge is 1.99. The molecule has 3 heteroatoms. The molecule has 3 aromatic rings. The summed E-state index contributed by atoms with van der Waals surface area (Å²) in [6.45, 7) is 3.85. The van der Waals surface area contributed by atoms with Crippen LogP contribution in [0.4, 0.5) is 0 Å². The highest BCUT2D eigenvalue weighted by Crippen LogP contribution is 2.14. The van der Waals surface area contributed by atoms with E-state index in [2.05, 4.69) is 52.5 Å². The van der Waals surface area contributed by atoms with Crippen LogP contribution < -0.4 is 5.32 Å². The summed E-state index contributed by atoms with van der Waals surface area (Å²) >= 11 is 0. The van der Waals surface area contributed by atoms with Crippen molar-refractivity contribution in [3.8, 4) is 0 Å². The zero-order valence-electron chi connectivity index (χ0n) is 11.0. The fourth-order valence-corrected chi connectivity index (χ4v) is 2.25. The van der Waals surface area contributed by atoms with Crippen molar-refractivity contribution in [2.75, 3.05) is 0 Å². The van der Waals surface area contributed by atoms with E-state index in [0.717, 1.165) is 13.1 Å². The number of rotatable bonds is 4. The van der Waals surface area contributed by atoms with Crippen LogP contribution in [0.3, 0.4) is 0 Å². The number of H-pyrrole nitrogens is 1. The number of fused-ring (bicyclic) bond motifs is 1. The molecule has 0 bridgehead atoms. The number of benzene rings is 1. The summed E-state index contributed by atoms with van der Waals surface area (Å²) in [4.78, 5) is 7.32. The van der Waals surface area contributed by atoms with E-state index in [1.54, 1.807) is 0 Å². The largest absolute Gasteiger partial charge is 0.361 e. The van der Waals surface area contributed by atoms with Crippen LogP contribution in [0.5, 0.6) is 0 Å². The molecule has 2 N–H and O–H groups in total. The molecule has 0 aliphatic heterocycles. The highest BCUT2D eigenvalue weighted by molar-refractivity contribution is 5.79. The number of hydrogen-bond acceptors (Lipinski definition) is 2. The maximum absolute atomic E-state index is 4.11. The molecule has 0 saturated carbocycles. The Morgan fingerprint density at radius 1 is 1.16 bits per heavy atom. The molecular weight excluding hydrogens is 234 g/mol. The zero-order chi connectivity index (χ0) is 13.1. The molecular formula is C16H17N3. The number of aromatic amines is 1. The van der Waals surface area contributed by atoms with Crippen molar-refractivity contribution in [1.82, 2.24) is 15.3 Å². The second kappa shape index (κ2) is 5.24. The molecule has 19 heavy (non-hydrogen) atoms. The van der Waals surface area contributed by atoms with Gasteiger partial charge in [0, 0.05) is 37.2 Å². The predicted octanol–water partition coefficient (Wildman–Crippen LogP) is 3.16. The van der Waals surface area contributed by atoms with Crippen LogP contribution in [0.2, 0.25) is 0 Å². The van der Waals surface area contributed by atoms with Gasteiger partial charge >= 0.3 is 0 Å². The first-order valence-electron chi connectivity index (χ1n) is 6.49. The first-order chi connectivity index (χ1) is 9.33. The van der Waals surface area contributed by atoms with E-state index < -0.39 is 0 Å². The van der Waals surface area contributed by atoms with Crippen LogP contribution in [0, 0.1) is 6.92 Å². The van der Waals surface area contributed by atoms with E-state index in [1.807, 2.05) is 18.6 Å². The summed E-state index contributed by atoms with van der Waals surface area (Å²) in [5, 5.41) is 4.74. The van der Waals surface area contributed by atoms with Crippen LogP contribution in [-0.4, -0.2) is 9.97 Å². The average molecular weight is 251 g/mol. The van der Waals surface area contributed by atoms with E-state index in [0.29, 0.717) is 0 Å². The number of hydrogen-bond donors (Lipinski definition) is 2. The molecule has 3 nitrogen and oxygen atoms in total. The van der Waals surface area contributed by atoms with Gasteiger partial charge in [-0.15, -0.1) is 0 Å². The minimum atomic E-state index is 0.875. The lowest BCUT2D eigenvalue weighted by atomic mass is 10.1. The molecule has 0 radical (unpaired) electrons. The number of aromatic nitrogens is 2. The normalized spacial score (nSPS) is 11.0. The summed E-state index contributed by atoms with van der Waals surface area (Å²) < 4.78 is 0. The fraction of sp³-hybridized carbons (Fsp3) is 0.188. The van der Waals surface area contributed by atoms with Crippen LogP contribution in [0.15, 0.2) is 48.9 Å². The summed E-state index contributed by atoms with van der Waals surface area (Å²) in [7, 11) is 0. The van der Waals surface area contributed by atoms with Crippen molar-refractivity contribution in [2.45, 2.75) is 20.0 Å². The smallest absolute Gasteiger partial charge is 0.0454 e. The van der Waals surface area contributed by atoms with E-state index in [9.17, 15) is 0 Å². The zero-order valence-corrected chi connectivity index (χ0v) is 11.0. The Morgan fingerprint density at radius 3 is 3.00 bits per heavy atom. The van der Waals surface area contributed by atoms with Crippen molar-refractivity contribution < 1.29 is 0 Å². The lowest BCUT2D eigenvalue weighted by molar-refractivity contribution is 0.690. The minimum absolute atomic E-state index is 0.875. The average Bonchev–Trinajstić information content (AvgIpc) is 2.88. The van der Waals surface area contributed by atoms with Gasteiger partial charge in [-0.05, 0) is 53.3 Å². The van der Waals surface area contributed by atoms with E-state index in [1.165, 1.54) is 27.6 Å². The van der Waals surface area contributed by atoms with Gasteiger partial charge in [0.15, 0.2) is 0 Å². The summed E-state index contributed by atoms with van der Waals surface area (Å²) in [5.41, 5.74) is 5.03. The number of pyridine rings is 1. The molecule has 0 saturated heterocycles. The van der Waals surface area contributed by atoms with Crippen LogP contribution >= 0.6 is 0 Å². The van der Waals surface area contributed by atoms with Crippen molar-refractivity contribution in [3.05, 3.63) is 65.6 Å². The molecule has 2 heterocycles. The Morgan fingerprint density at radius 2 is 2.11 bits per heavy atom. The molecule has 0 fully saturated rings. The van der Waals surface area contributed by atoms with Gasteiger partial charge in [0.2, 0.25) is 0 Å². The maximum Gasteiger partial charge on any atom is 0.0454 e. The van der Waals surface area contributed by atoms with Gasteiger partial charge in [-0.3, -0.25) is 4.98 Å². The fourth-order valence-electron chi connectivity index (χ4n) is 2.25. The molecule has 3 rings (SSSR count). The third-order valence-corrected chi connectivity index (χ3v) is 3.40. The Balaban J connectivity index is 1.64. The monoisotopic (exact) mass is 251 g/mol. The molecule has 0 atom stereocenters. The number of nitrogens with one attached hydrogen (secondary N) is 2.